The molecule has 0 fully saturated rings. The molecular formula is C10H25N3O. The second-order valence-electron chi connectivity index (χ2n) is 2.98. The van der Waals surface area contributed by atoms with Crippen LogP contribution in [0.3, 0.4) is 0 Å². The molecule has 4 heteroatoms. The Hall–Kier alpha value is -0.610. The van der Waals surface area contributed by atoms with E-state index < -0.39 is 0 Å². The molecule has 0 radical (unpaired) electrons. The summed E-state index contributed by atoms with van der Waals surface area (Å²) in [6, 6.07) is 0. The zero-order chi connectivity index (χ0) is 11.4. The topological polar surface area (TPSA) is 67.2 Å². The van der Waals surface area contributed by atoms with E-state index in [1.165, 1.54) is 0 Å². The summed E-state index contributed by atoms with van der Waals surface area (Å²) in [5, 5.41) is 5.89. The van der Waals surface area contributed by atoms with Crippen LogP contribution in [0.15, 0.2) is 0 Å². The largest absolute Gasteiger partial charge is 0.355 e. The monoisotopic (exact) mass is 203 g/mol. The van der Waals surface area contributed by atoms with Crippen LogP contribution < -0.4 is 16.4 Å². The number of nitrogens with one attached hydrogen (secondary N) is 2. The van der Waals surface area contributed by atoms with E-state index in [1.807, 2.05) is 27.7 Å². The van der Waals surface area contributed by atoms with Gasteiger partial charge in [0.05, 0.1) is 0 Å². The minimum atomic E-state index is 0.0690. The number of carbonyl (C=O) groups excluding carboxylic acids is 1. The fourth-order valence-corrected chi connectivity index (χ4v) is 0.705. The van der Waals surface area contributed by atoms with Gasteiger partial charge in [0.2, 0.25) is 5.91 Å². The Morgan fingerprint density at radius 1 is 1.21 bits per heavy atom. The molecule has 0 spiro atoms. The third-order valence-electron chi connectivity index (χ3n) is 1.45. The number of carbonyl (C=O) groups is 1. The van der Waals surface area contributed by atoms with Crippen LogP contribution in [0.25, 0.3) is 0 Å². The molecule has 14 heavy (non-hydrogen) atoms. The summed E-state index contributed by atoms with van der Waals surface area (Å²) in [6.07, 6.45) is 0. The van der Waals surface area contributed by atoms with Gasteiger partial charge in [0.15, 0.2) is 0 Å². The summed E-state index contributed by atoms with van der Waals surface area (Å²) in [6.45, 7) is 10.7. The van der Waals surface area contributed by atoms with Gasteiger partial charge in [-0.05, 0) is 0 Å². The highest BCUT2D eigenvalue weighted by atomic mass is 16.1. The lowest BCUT2D eigenvalue weighted by Crippen LogP contribution is -2.35. The van der Waals surface area contributed by atoms with Crippen LogP contribution in [0.2, 0.25) is 0 Å². The molecule has 1 amide bonds. The lowest BCUT2D eigenvalue weighted by molar-refractivity contribution is -0.123. The van der Waals surface area contributed by atoms with Crippen molar-refractivity contribution in [2.75, 3.05) is 26.2 Å². The summed E-state index contributed by atoms with van der Waals surface area (Å²) in [4.78, 5) is 11.0. The lowest BCUT2D eigenvalue weighted by atomic mass is 10.2. The average molecular weight is 203 g/mol. The number of hydrogen-bond acceptors (Lipinski definition) is 3. The van der Waals surface area contributed by atoms with Crippen LogP contribution in [0.5, 0.6) is 0 Å². The van der Waals surface area contributed by atoms with Crippen molar-refractivity contribution in [1.82, 2.24) is 10.6 Å². The van der Waals surface area contributed by atoms with Gasteiger partial charge in [-0.25, -0.2) is 0 Å². The van der Waals surface area contributed by atoms with E-state index in [9.17, 15) is 4.79 Å². The quantitative estimate of drug-likeness (QED) is 0.545. The smallest absolute Gasteiger partial charge is 0.222 e. The molecule has 0 bridgehead atoms. The van der Waals surface area contributed by atoms with Gasteiger partial charge < -0.3 is 16.4 Å². The molecule has 0 aromatic carbocycles. The molecule has 0 aliphatic carbocycles. The molecule has 0 heterocycles. The molecule has 0 saturated heterocycles. The SMILES string of the molecule is CC.CC(C)C(=O)NCCNCCN. The Bertz CT molecular complexity index is 127. The van der Waals surface area contributed by atoms with E-state index in [4.69, 9.17) is 5.73 Å². The minimum Gasteiger partial charge on any atom is -0.355 e. The van der Waals surface area contributed by atoms with Gasteiger partial charge in [-0.3, -0.25) is 4.79 Å². The predicted octanol–water partition coefficient (Wildman–Crippen LogP) is 0.333. The van der Waals surface area contributed by atoms with E-state index in [2.05, 4.69) is 10.6 Å². The minimum absolute atomic E-state index is 0.0690. The van der Waals surface area contributed by atoms with Gasteiger partial charge in [0.25, 0.3) is 0 Å². The third-order valence-corrected chi connectivity index (χ3v) is 1.45. The van der Waals surface area contributed by atoms with Gasteiger partial charge in [-0.2, -0.15) is 0 Å². The summed E-state index contributed by atoms with van der Waals surface area (Å²) in [7, 11) is 0. The maximum Gasteiger partial charge on any atom is 0.222 e. The van der Waals surface area contributed by atoms with Crippen molar-refractivity contribution in [3.05, 3.63) is 0 Å². The van der Waals surface area contributed by atoms with E-state index in [0.29, 0.717) is 13.1 Å². The van der Waals surface area contributed by atoms with Gasteiger partial charge in [-0.1, -0.05) is 27.7 Å². The van der Waals surface area contributed by atoms with Gasteiger partial charge in [0.1, 0.15) is 0 Å². The molecule has 0 aromatic rings. The maximum absolute atomic E-state index is 11.0. The second-order valence-corrected chi connectivity index (χ2v) is 2.98. The Balaban J connectivity index is 0. The van der Waals surface area contributed by atoms with Crippen molar-refractivity contribution >= 4 is 5.91 Å². The molecule has 0 aromatic heterocycles. The first-order valence-electron chi connectivity index (χ1n) is 5.37. The first-order valence-corrected chi connectivity index (χ1v) is 5.37. The molecule has 0 atom stereocenters. The highest BCUT2D eigenvalue weighted by Crippen LogP contribution is 1.88. The van der Waals surface area contributed by atoms with Crippen molar-refractivity contribution < 1.29 is 4.79 Å². The standard InChI is InChI=1S/C8H19N3O.C2H6/c1-7(2)8(12)11-6-5-10-4-3-9;1-2/h7,10H,3-6,9H2,1-2H3,(H,11,12);1-2H3. The second kappa shape index (κ2) is 12.4. The molecule has 4 nitrogen and oxygen atoms in total. The molecule has 4 N–H and O–H groups in total. The Morgan fingerprint density at radius 2 is 1.79 bits per heavy atom. The first-order chi connectivity index (χ1) is 6.68. The third kappa shape index (κ3) is 11.4. The molecule has 0 rings (SSSR count). The van der Waals surface area contributed by atoms with Crippen molar-refractivity contribution in [2.45, 2.75) is 27.7 Å². The highest BCUT2D eigenvalue weighted by molar-refractivity contribution is 5.77. The zero-order valence-corrected chi connectivity index (χ0v) is 9.89. The molecule has 0 aliphatic heterocycles. The van der Waals surface area contributed by atoms with Crippen LogP contribution in [0, 0.1) is 5.92 Å². The van der Waals surface area contributed by atoms with Crippen molar-refractivity contribution in [3.63, 3.8) is 0 Å². The van der Waals surface area contributed by atoms with Crippen LogP contribution >= 0.6 is 0 Å². The molecular weight excluding hydrogens is 178 g/mol. The summed E-state index contributed by atoms with van der Waals surface area (Å²) < 4.78 is 0. The van der Waals surface area contributed by atoms with Crippen LogP contribution in [-0.2, 0) is 4.79 Å². The Kier molecular flexibility index (Phi) is 14.0. The summed E-state index contributed by atoms with van der Waals surface area (Å²) in [5.74, 6) is 0.170. The first kappa shape index (κ1) is 15.8. The van der Waals surface area contributed by atoms with Gasteiger partial charge >= 0.3 is 0 Å². The number of rotatable bonds is 6. The average Bonchev–Trinajstić information content (AvgIpc) is 2.20. The van der Waals surface area contributed by atoms with E-state index >= 15 is 0 Å². The fourth-order valence-electron chi connectivity index (χ4n) is 0.705. The maximum atomic E-state index is 11.0. The van der Waals surface area contributed by atoms with E-state index in [-0.39, 0.29) is 11.8 Å². The van der Waals surface area contributed by atoms with Crippen LogP contribution in [0.1, 0.15) is 27.7 Å². The highest BCUT2D eigenvalue weighted by Gasteiger charge is 2.03. The summed E-state index contributed by atoms with van der Waals surface area (Å²) in [5.41, 5.74) is 5.27. The molecule has 0 saturated carbocycles. The van der Waals surface area contributed by atoms with E-state index in [0.717, 1.165) is 13.1 Å². The van der Waals surface area contributed by atoms with Crippen molar-refractivity contribution in [1.29, 1.82) is 0 Å². The number of amides is 1. The number of nitrogens with two attached hydrogens (primary N) is 1. The number of hydrogen-bond donors (Lipinski definition) is 3. The van der Waals surface area contributed by atoms with Gasteiger partial charge in [-0.15, -0.1) is 0 Å². The molecule has 0 unspecified atom stereocenters. The molecule has 86 valence electrons. The Morgan fingerprint density at radius 3 is 2.21 bits per heavy atom. The fraction of sp³-hybridized carbons (Fsp3) is 0.900. The van der Waals surface area contributed by atoms with Crippen LogP contribution in [-0.4, -0.2) is 32.1 Å². The molecule has 0 aliphatic rings. The van der Waals surface area contributed by atoms with Crippen molar-refractivity contribution in [2.24, 2.45) is 11.7 Å². The normalized spacial score (nSPS) is 9.29. The predicted molar refractivity (Wildman–Crippen MR) is 61.1 cm³/mol. The van der Waals surface area contributed by atoms with E-state index in [1.54, 1.807) is 0 Å². The Labute approximate surface area is 87.6 Å². The van der Waals surface area contributed by atoms with Crippen molar-refractivity contribution in [3.8, 4) is 0 Å². The van der Waals surface area contributed by atoms with Gasteiger partial charge in [0, 0.05) is 32.1 Å². The summed E-state index contributed by atoms with van der Waals surface area (Å²) >= 11 is 0. The zero-order valence-electron chi connectivity index (χ0n) is 9.89. The lowest BCUT2D eigenvalue weighted by Gasteiger charge is -2.07. The van der Waals surface area contributed by atoms with Crippen LogP contribution in [0.4, 0.5) is 0 Å².